The third kappa shape index (κ3) is 3.67. The molecule has 2 heteroatoms. The van der Waals surface area contributed by atoms with Gasteiger partial charge in [-0.15, -0.1) is 6.58 Å². The fourth-order valence-electron chi connectivity index (χ4n) is 2.94. The van der Waals surface area contributed by atoms with Gasteiger partial charge in [0, 0.05) is 6.61 Å². The van der Waals surface area contributed by atoms with Gasteiger partial charge in [-0.2, -0.15) is 0 Å². The zero-order valence-electron chi connectivity index (χ0n) is 10.5. The lowest BCUT2D eigenvalue weighted by atomic mass is 9.83. The van der Waals surface area contributed by atoms with Crippen LogP contribution in [0.3, 0.4) is 0 Å². The molecule has 0 bridgehead atoms. The maximum atomic E-state index is 12.9. The van der Waals surface area contributed by atoms with Gasteiger partial charge in [0.25, 0.3) is 0 Å². The Morgan fingerprint density at radius 3 is 2.88 bits per heavy atom. The molecule has 1 heterocycles. The van der Waals surface area contributed by atoms with E-state index >= 15 is 0 Å². The van der Waals surface area contributed by atoms with Crippen molar-refractivity contribution in [1.82, 2.24) is 0 Å². The van der Waals surface area contributed by atoms with Crippen molar-refractivity contribution in [3.8, 4) is 0 Å². The van der Waals surface area contributed by atoms with Crippen molar-refractivity contribution < 1.29 is 9.13 Å². The first kappa shape index (κ1) is 12.8. The van der Waals surface area contributed by atoms with Crippen LogP contribution in [0.25, 0.3) is 0 Å². The topological polar surface area (TPSA) is 9.23 Å². The predicted octanol–water partition coefficient (Wildman–Crippen LogP) is 4.40. The van der Waals surface area contributed by atoms with E-state index in [2.05, 4.69) is 6.58 Å². The van der Waals surface area contributed by atoms with Crippen LogP contribution in [-0.2, 0) is 4.74 Å². The van der Waals surface area contributed by atoms with Gasteiger partial charge in [0.15, 0.2) is 0 Å². The highest BCUT2D eigenvalue weighted by Crippen LogP contribution is 2.34. The number of allylic oxidation sites excluding steroid dienone is 3. The number of hydrogen-bond donors (Lipinski definition) is 0. The molecule has 1 aliphatic carbocycles. The highest BCUT2D eigenvalue weighted by molar-refractivity contribution is 4.99. The molecule has 0 saturated carbocycles. The zero-order valence-corrected chi connectivity index (χ0v) is 10.5. The lowest BCUT2D eigenvalue weighted by Gasteiger charge is -2.35. The second-order valence-corrected chi connectivity index (χ2v) is 5.37. The van der Waals surface area contributed by atoms with Gasteiger partial charge in [0.2, 0.25) is 0 Å². The molecular formula is C15H23FO. The summed E-state index contributed by atoms with van der Waals surface area (Å²) in [6.45, 7) is 4.65. The molecular weight excluding hydrogens is 215 g/mol. The van der Waals surface area contributed by atoms with E-state index < -0.39 is 0 Å². The second kappa shape index (κ2) is 6.34. The van der Waals surface area contributed by atoms with E-state index in [9.17, 15) is 4.39 Å². The summed E-state index contributed by atoms with van der Waals surface area (Å²) < 4.78 is 18.9. The largest absolute Gasteiger partial charge is 0.378 e. The highest BCUT2D eigenvalue weighted by atomic mass is 19.1. The van der Waals surface area contributed by atoms with Crippen molar-refractivity contribution in [1.29, 1.82) is 0 Å². The molecule has 96 valence electrons. The molecule has 0 aromatic heterocycles. The van der Waals surface area contributed by atoms with Crippen LogP contribution < -0.4 is 0 Å². The second-order valence-electron chi connectivity index (χ2n) is 5.37. The van der Waals surface area contributed by atoms with Crippen molar-refractivity contribution in [3.63, 3.8) is 0 Å². The highest BCUT2D eigenvalue weighted by Gasteiger charge is 2.29. The molecule has 0 spiro atoms. The van der Waals surface area contributed by atoms with Crippen LogP contribution in [0, 0.1) is 11.8 Å². The van der Waals surface area contributed by atoms with Crippen molar-refractivity contribution in [2.75, 3.05) is 6.61 Å². The summed E-state index contributed by atoms with van der Waals surface area (Å²) in [6, 6.07) is 0. The minimum Gasteiger partial charge on any atom is -0.378 e. The predicted molar refractivity (Wildman–Crippen MR) is 68.4 cm³/mol. The van der Waals surface area contributed by atoms with E-state index in [0.29, 0.717) is 24.4 Å². The summed E-state index contributed by atoms with van der Waals surface area (Å²) >= 11 is 0. The van der Waals surface area contributed by atoms with Gasteiger partial charge in [0.1, 0.15) is 0 Å². The van der Waals surface area contributed by atoms with E-state index in [1.54, 1.807) is 6.08 Å². The summed E-state index contributed by atoms with van der Waals surface area (Å²) in [4.78, 5) is 0. The van der Waals surface area contributed by atoms with Gasteiger partial charge in [-0.25, -0.2) is 4.39 Å². The third-order valence-corrected chi connectivity index (χ3v) is 4.11. The van der Waals surface area contributed by atoms with E-state index in [0.717, 1.165) is 32.3 Å². The molecule has 3 unspecified atom stereocenters. The van der Waals surface area contributed by atoms with Crippen LogP contribution in [0.2, 0.25) is 0 Å². The number of rotatable bonds is 4. The molecule has 1 aliphatic heterocycles. The minimum atomic E-state index is 0.0703. The molecule has 0 N–H and O–H groups in total. The summed E-state index contributed by atoms with van der Waals surface area (Å²) in [5.41, 5.74) is 0. The summed E-state index contributed by atoms with van der Waals surface area (Å²) in [5.74, 6) is 1.33. The summed E-state index contributed by atoms with van der Waals surface area (Å²) in [6.07, 6.45) is 11.3. The van der Waals surface area contributed by atoms with E-state index in [-0.39, 0.29) is 5.83 Å². The first-order chi connectivity index (χ1) is 8.29. The van der Waals surface area contributed by atoms with Gasteiger partial charge in [-0.3, -0.25) is 0 Å². The molecule has 1 saturated heterocycles. The fourth-order valence-corrected chi connectivity index (χ4v) is 2.94. The van der Waals surface area contributed by atoms with Gasteiger partial charge in [-0.05, 0) is 56.8 Å². The Labute approximate surface area is 104 Å². The summed E-state index contributed by atoms with van der Waals surface area (Å²) in [5, 5.41) is 0. The van der Waals surface area contributed by atoms with E-state index in [4.69, 9.17) is 4.74 Å². The molecule has 1 fully saturated rings. The Morgan fingerprint density at radius 2 is 2.29 bits per heavy atom. The van der Waals surface area contributed by atoms with Crippen LogP contribution in [0.5, 0.6) is 0 Å². The van der Waals surface area contributed by atoms with Crippen molar-refractivity contribution >= 4 is 0 Å². The van der Waals surface area contributed by atoms with Gasteiger partial charge in [0.05, 0.1) is 11.9 Å². The van der Waals surface area contributed by atoms with Crippen LogP contribution in [-0.4, -0.2) is 12.7 Å². The number of halogens is 1. The monoisotopic (exact) mass is 238 g/mol. The Morgan fingerprint density at radius 1 is 1.41 bits per heavy atom. The third-order valence-electron chi connectivity index (χ3n) is 4.11. The molecule has 2 rings (SSSR count). The zero-order chi connectivity index (χ0) is 12.1. The molecule has 0 radical (unpaired) electrons. The quantitative estimate of drug-likeness (QED) is 0.659. The molecule has 0 aromatic carbocycles. The first-order valence-electron chi connectivity index (χ1n) is 6.86. The molecule has 2 aliphatic rings. The van der Waals surface area contributed by atoms with Crippen LogP contribution >= 0.6 is 0 Å². The number of ether oxygens (including phenoxy) is 1. The van der Waals surface area contributed by atoms with Crippen LogP contribution in [0.15, 0.2) is 24.6 Å². The minimum absolute atomic E-state index is 0.0703. The maximum absolute atomic E-state index is 12.9. The van der Waals surface area contributed by atoms with Crippen LogP contribution in [0.1, 0.15) is 44.9 Å². The molecule has 0 amide bonds. The molecule has 0 aromatic rings. The lowest BCUT2D eigenvalue weighted by molar-refractivity contribution is -0.0511. The standard InChI is InChI=1S/C15H23FO/c1-2-3-4-12-5-10-15(17-11-12)13-6-8-14(16)9-7-13/h2,8,12-13,15H,1,3-7,9-11H2. The van der Waals surface area contributed by atoms with E-state index in [1.165, 1.54) is 12.8 Å². The Kier molecular flexibility index (Phi) is 4.78. The fraction of sp³-hybridized carbons (Fsp3) is 0.733. The van der Waals surface area contributed by atoms with Crippen molar-refractivity contribution in [2.24, 2.45) is 11.8 Å². The van der Waals surface area contributed by atoms with Crippen molar-refractivity contribution in [3.05, 3.63) is 24.6 Å². The Bertz CT molecular complexity index is 277. The smallest absolute Gasteiger partial charge is 0.0960 e. The van der Waals surface area contributed by atoms with Gasteiger partial charge in [-0.1, -0.05) is 12.2 Å². The lowest BCUT2D eigenvalue weighted by Crippen LogP contribution is -2.32. The number of hydrogen-bond acceptors (Lipinski definition) is 1. The normalized spacial score (nSPS) is 34.2. The Hall–Kier alpha value is -0.630. The van der Waals surface area contributed by atoms with Gasteiger partial charge < -0.3 is 4.74 Å². The van der Waals surface area contributed by atoms with Gasteiger partial charge >= 0.3 is 0 Å². The van der Waals surface area contributed by atoms with Crippen LogP contribution in [0.4, 0.5) is 4.39 Å². The molecule has 1 nitrogen and oxygen atoms in total. The molecule has 17 heavy (non-hydrogen) atoms. The maximum Gasteiger partial charge on any atom is 0.0960 e. The summed E-state index contributed by atoms with van der Waals surface area (Å²) in [7, 11) is 0. The van der Waals surface area contributed by atoms with E-state index in [1.807, 2.05) is 6.08 Å². The SMILES string of the molecule is C=CCCC1CCC(C2CC=C(F)CC2)OC1. The average molecular weight is 238 g/mol. The average Bonchev–Trinajstić information content (AvgIpc) is 2.38. The van der Waals surface area contributed by atoms with Crippen molar-refractivity contribution in [2.45, 2.75) is 51.0 Å². The first-order valence-corrected chi connectivity index (χ1v) is 6.86. The Balaban J connectivity index is 1.73. The molecule has 3 atom stereocenters.